The number of aliphatic imine (C=N–C) groups is 1. The van der Waals surface area contributed by atoms with Crippen LogP contribution in [-0.2, 0) is 4.79 Å². The van der Waals surface area contributed by atoms with E-state index in [9.17, 15) is 9.59 Å². The lowest BCUT2D eigenvalue weighted by Crippen LogP contribution is -2.54. The standard InChI is InChI=1S/C20H26N4O2/c1-12-6-5-7-14(10-12)19(25)23-17-11-16(13(2)21)18(24-20(17)26)22-15-8-3-4-9-15/h5-7,10,15,17H,3-4,8-9,11,21H2,1-2H3,(H,23,25)(H,22,24,26). The van der Waals surface area contributed by atoms with Gasteiger partial charge < -0.3 is 16.4 Å². The monoisotopic (exact) mass is 354 g/mol. The molecule has 1 aromatic rings. The van der Waals surface area contributed by atoms with Crippen molar-refractivity contribution in [1.29, 1.82) is 0 Å². The van der Waals surface area contributed by atoms with Crippen molar-refractivity contribution < 1.29 is 9.59 Å². The fourth-order valence-electron chi connectivity index (χ4n) is 3.49. The molecule has 2 amide bonds. The molecular formula is C20H26N4O2. The second-order valence-corrected chi connectivity index (χ2v) is 7.17. The largest absolute Gasteiger partial charge is 0.402 e. The summed E-state index contributed by atoms with van der Waals surface area (Å²) in [4.78, 5) is 29.7. The third kappa shape index (κ3) is 4.12. The summed E-state index contributed by atoms with van der Waals surface area (Å²) in [6.45, 7) is 3.73. The van der Waals surface area contributed by atoms with Gasteiger partial charge in [-0.25, -0.2) is 0 Å². The zero-order valence-corrected chi connectivity index (χ0v) is 15.3. The predicted octanol–water partition coefficient (Wildman–Crippen LogP) is 2.19. The molecule has 3 rings (SSSR count). The smallest absolute Gasteiger partial charge is 0.251 e. The number of hydrogen-bond acceptors (Lipinski definition) is 4. The summed E-state index contributed by atoms with van der Waals surface area (Å²) in [6.07, 6.45) is 4.79. The Labute approximate surface area is 153 Å². The second kappa shape index (κ2) is 7.72. The van der Waals surface area contributed by atoms with Gasteiger partial charge in [-0.3, -0.25) is 14.6 Å². The highest BCUT2D eigenvalue weighted by Crippen LogP contribution is 2.23. The maximum atomic E-state index is 12.5. The highest BCUT2D eigenvalue weighted by atomic mass is 16.2. The molecule has 6 nitrogen and oxygen atoms in total. The molecule has 2 fully saturated rings. The van der Waals surface area contributed by atoms with Gasteiger partial charge in [-0.15, -0.1) is 0 Å². The van der Waals surface area contributed by atoms with Gasteiger partial charge in [0.2, 0.25) is 5.91 Å². The number of nitrogens with one attached hydrogen (secondary N) is 2. The second-order valence-electron chi connectivity index (χ2n) is 7.17. The van der Waals surface area contributed by atoms with E-state index < -0.39 is 6.04 Å². The van der Waals surface area contributed by atoms with E-state index in [2.05, 4.69) is 10.6 Å². The number of carbonyl (C=O) groups excluding carboxylic acids is 2. The zero-order chi connectivity index (χ0) is 18.7. The van der Waals surface area contributed by atoms with Crippen LogP contribution in [0.2, 0.25) is 0 Å². The molecule has 0 aromatic heterocycles. The lowest BCUT2D eigenvalue weighted by atomic mass is 9.97. The first-order chi connectivity index (χ1) is 12.4. The van der Waals surface area contributed by atoms with Crippen LogP contribution in [0.25, 0.3) is 0 Å². The van der Waals surface area contributed by atoms with Crippen molar-refractivity contribution in [1.82, 2.24) is 10.6 Å². The number of piperidine rings is 1. The van der Waals surface area contributed by atoms with Crippen LogP contribution in [0.5, 0.6) is 0 Å². The molecular weight excluding hydrogens is 328 g/mol. The van der Waals surface area contributed by atoms with Gasteiger partial charge in [0.25, 0.3) is 5.91 Å². The SMILES string of the molecule is CC(N)=C1CC(NC(=O)c2cccc(C)c2)C(=O)NC1=NC1CCCC1. The third-order valence-electron chi connectivity index (χ3n) is 4.95. The van der Waals surface area contributed by atoms with E-state index in [1.807, 2.05) is 19.1 Å². The van der Waals surface area contributed by atoms with Crippen LogP contribution >= 0.6 is 0 Å². The van der Waals surface area contributed by atoms with Crippen LogP contribution in [0, 0.1) is 6.92 Å². The average molecular weight is 354 g/mol. The van der Waals surface area contributed by atoms with E-state index in [1.54, 1.807) is 19.1 Å². The van der Waals surface area contributed by atoms with Gasteiger partial charge in [0, 0.05) is 23.3 Å². The zero-order valence-electron chi connectivity index (χ0n) is 15.3. The summed E-state index contributed by atoms with van der Waals surface area (Å²) in [5.41, 5.74) is 9.00. The summed E-state index contributed by atoms with van der Waals surface area (Å²) >= 11 is 0. The number of allylic oxidation sites excluding steroid dienone is 1. The van der Waals surface area contributed by atoms with Crippen LogP contribution in [0.15, 0.2) is 40.5 Å². The molecule has 1 atom stereocenters. The normalized spacial score (nSPS) is 24.5. The number of carbonyl (C=O) groups is 2. The van der Waals surface area contributed by atoms with Crippen molar-refractivity contribution in [3.05, 3.63) is 46.7 Å². The van der Waals surface area contributed by atoms with Crippen LogP contribution < -0.4 is 16.4 Å². The Hall–Kier alpha value is -2.63. The maximum absolute atomic E-state index is 12.5. The molecule has 2 aliphatic rings. The number of rotatable bonds is 3. The molecule has 1 saturated heterocycles. The minimum Gasteiger partial charge on any atom is -0.402 e. The molecule has 1 saturated carbocycles. The lowest BCUT2D eigenvalue weighted by Gasteiger charge is -2.28. The number of hydrogen-bond donors (Lipinski definition) is 3. The number of nitrogens with zero attached hydrogens (tertiary/aromatic N) is 1. The number of amidine groups is 1. The first kappa shape index (κ1) is 18.2. The fraction of sp³-hybridized carbons (Fsp3) is 0.450. The first-order valence-electron chi connectivity index (χ1n) is 9.16. The molecule has 0 radical (unpaired) electrons. The van der Waals surface area contributed by atoms with E-state index >= 15 is 0 Å². The highest BCUT2D eigenvalue weighted by molar-refractivity contribution is 6.13. The quantitative estimate of drug-likeness (QED) is 0.776. The van der Waals surface area contributed by atoms with Crippen molar-refractivity contribution in [2.45, 2.75) is 58.0 Å². The molecule has 1 aliphatic heterocycles. The van der Waals surface area contributed by atoms with Gasteiger partial charge >= 0.3 is 0 Å². The van der Waals surface area contributed by atoms with Crippen molar-refractivity contribution in [2.75, 3.05) is 0 Å². The fourth-order valence-corrected chi connectivity index (χ4v) is 3.49. The Morgan fingerprint density at radius 3 is 2.69 bits per heavy atom. The van der Waals surface area contributed by atoms with Gasteiger partial charge in [-0.05, 0) is 38.8 Å². The molecule has 6 heteroatoms. The molecule has 26 heavy (non-hydrogen) atoms. The summed E-state index contributed by atoms with van der Waals surface area (Å²) in [5, 5.41) is 5.67. The summed E-state index contributed by atoms with van der Waals surface area (Å²) in [5.74, 6) is 0.0646. The minimum atomic E-state index is -0.654. The first-order valence-corrected chi connectivity index (χ1v) is 9.16. The van der Waals surface area contributed by atoms with E-state index in [0.717, 1.165) is 24.0 Å². The summed E-state index contributed by atoms with van der Waals surface area (Å²) in [7, 11) is 0. The Morgan fingerprint density at radius 2 is 2.04 bits per heavy atom. The molecule has 0 bridgehead atoms. The highest BCUT2D eigenvalue weighted by Gasteiger charge is 2.32. The molecule has 1 aliphatic carbocycles. The minimum absolute atomic E-state index is 0.243. The average Bonchev–Trinajstić information content (AvgIpc) is 3.10. The van der Waals surface area contributed by atoms with Crippen molar-refractivity contribution >= 4 is 17.6 Å². The van der Waals surface area contributed by atoms with Crippen LogP contribution in [0.1, 0.15) is 54.9 Å². The molecule has 1 unspecified atom stereocenters. The van der Waals surface area contributed by atoms with Gasteiger partial charge in [0.1, 0.15) is 11.9 Å². The maximum Gasteiger partial charge on any atom is 0.251 e. The molecule has 1 heterocycles. The molecule has 4 N–H and O–H groups in total. The van der Waals surface area contributed by atoms with E-state index in [1.165, 1.54) is 12.8 Å². The topological polar surface area (TPSA) is 96.6 Å². The molecule has 138 valence electrons. The molecule has 1 aromatic carbocycles. The van der Waals surface area contributed by atoms with Crippen LogP contribution in [0.3, 0.4) is 0 Å². The van der Waals surface area contributed by atoms with Crippen molar-refractivity contribution in [2.24, 2.45) is 10.7 Å². The summed E-state index contributed by atoms with van der Waals surface area (Å²) in [6, 6.07) is 6.88. The van der Waals surface area contributed by atoms with Gasteiger partial charge in [0.15, 0.2) is 0 Å². The molecule has 0 spiro atoms. The van der Waals surface area contributed by atoms with Crippen molar-refractivity contribution in [3.8, 4) is 0 Å². The van der Waals surface area contributed by atoms with Crippen LogP contribution in [-0.4, -0.2) is 29.7 Å². The van der Waals surface area contributed by atoms with Gasteiger partial charge in [0.05, 0.1) is 6.04 Å². The summed E-state index contributed by atoms with van der Waals surface area (Å²) < 4.78 is 0. The predicted molar refractivity (Wildman–Crippen MR) is 102 cm³/mol. The third-order valence-corrected chi connectivity index (χ3v) is 4.95. The Kier molecular flexibility index (Phi) is 5.40. The number of aryl methyl sites for hydroxylation is 1. The number of amides is 2. The van der Waals surface area contributed by atoms with E-state index in [4.69, 9.17) is 10.7 Å². The Bertz CT molecular complexity index is 772. The van der Waals surface area contributed by atoms with Gasteiger partial charge in [-0.2, -0.15) is 0 Å². The van der Waals surface area contributed by atoms with Gasteiger partial charge in [-0.1, -0.05) is 30.5 Å². The lowest BCUT2D eigenvalue weighted by molar-refractivity contribution is -0.121. The Balaban J connectivity index is 1.75. The van der Waals surface area contributed by atoms with E-state index in [0.29, 0.717) is 23.5 Å². The number of benzene rings is 1. The van der Waals surface area contributed by atoms with E-state index in [-0.39, 0.29) is 17.9 Å². The van der Waals surface area contributed by atoms with Crippen molar-refractivity contribution in [3.63, 3.8) is 0 Å². The van der Waals surface area contributed by atoms with Crippen LogP contribution in [0.4, 0.5) is 0 Å². The Morgan fingerprint density at radius 1 is 1.31 bits per heavy atom. The number of nitrogens with two attached hydrogens (primary N) is 1.